The molecule has 0 aliphatic heterocycles. The van der Waals surface area contributed by atoms with Gasteiger partial charge in [0, 0.05) is 17.4 Å². The molecule has 84 valence electrons. The van der Waals surface area contributed by atoms with Crippen LogP contribution in [0.1, 0.15) is 33.6 Å². The number of hydrogen-bond donors (Lipinski definition) is 1. The predicted molar refractivity (Wildman–Crippen MR) is 58.9 cm³/mol. The number of ether oxygens (including phenoxy) is 1. The summed E-state index contributed by atoms with van der Waals surface area (Å²) >= 11 is 0. The van der Waals surface area contributed by atoms with Crippen LogP contribution in [0.3, 0.4) is 0 Å². The van der Waals surface area contributed by atoms with Crippen molar-refractivity contribution in [1.29, 1.82) is 0 Å². The SMILES string of the molecule is COC1=CC(=NO)C2(C)CCC1C2(C)C. The highest BCUT2D eigenvalue weighted by atomic mass is 16.5. The average molecular weight is 209 g/mol. The van der Waals surface area contributed by atoms with E-state index in [2.05, 4.69) is 25.9 Å². The van der Waals surface area contributed by atoms with Gasteiger partial charge >= 0.3 is 0 Å². The number of fused-ring (bicyclic) bond motifs is 2. The quantitative estimate of drug-likeness (QED) is 0.533. The summed E-state index contributed by atoms with van der Waals surface area (Å²) in [5, 5.41) is 12.6. The molecule has 15 heavy (non-hydrogen) atoms. The second-order valence-electron chi connectivity index (χ2n) is 5.38. The zero-order chi connectivity index (χ0) is 11.3. The van der Waals surface area contributed by atoms with E-state index in [-0.39, 0.29) is 10.8 Å². The smallest absolute Gasteiger partial charge is 0.101 e. The van der Waals surface area contributed by atoms with Gasteiger partial charge < -0.3 is 9.94 Å². The molecule has 0 spiro atoms. The van der Waals surface area contributed by atoms with Crippen molar-refractivity contribution in [3.05, 3.63) is 11.8 Å². The average Bonchev–Trinajstić information content (AvgIpc) is 2.37. The summed E-state index contributed by atoms with van der Waals surface area (Å²) in [6, 6.07) is 0. The molecule has 0 saturated heterocycles. The Morgan fingerprint density at radius 3 is 2.67 bits per heavy atom. The largest absolute Gasteiger partial charge is 0.501 e. The standard InChI is InChI=1S/C12H19NO2/c1-11(2)8-5-6-12(11,3)10(13-14)7-9(8)15-4/h7-8,14H,5-6H2,1-4H3. The van der Waals surface area contributed by atoms with Crippen molar-refractivity contribution in [2.75, 3.05) is 7.11 Å². The van der Waals surface area contributed by atoms with Gasteiger partial charge in [0.25, 0.3) is 0 Å². The Morgan fingerprint density at radius 1 is 1.47 bits per heavy atom. The second kappa shape index (κ2) is 3.00. The van der Waals surface area contributed by atoms with E-state index in [9.17, 15) is 0 Å². The van der Waals surface area contributed by atoms with E-state index in [0.29, 0.717) is 5.92 Å². The van der Waals surface area contributed by atoms with Crippen molar-refractivity contribution < 1.29 is 9.94 Å². The topological polar surface area (TPSA) is 41.8 Å². The van der Waals surface area contributed by atoms with Crippen LogP contribution in [0, 0.1) is 16.7 Å². The van der Waals surface area contributed by atoms with E-state index < -0.39 is 0 Å². The second-order valence-corrected chi connectivity index (χ2v) is 5.38. The van der Waals surface area contributed by atoms with Gasteiger partial charge in [-0.05, 0) is 18.3 Å². The maximum atomic E-state index is 9.11. The van der Waals surface area contributed by atoms with E-state index in [1.807, 2.05) is 6.08 Å². The summed E-state index contributed by atoms with van der Waals surface area (Å²) < 4.78 is 5.40. The Hall–Kier alpha value is -0.990. The van der Waals surface area contributed by atoms with Gasteiger partial charge in [-0.2, -0.15) is 0 Å². The van der Waals surface area contributed by atoms with Gasteiger partial charge in [0.2, 0.25) is 0 Å². The minimum atomic E-state index is -0.0194. The van der Waals surface area contributed by atoms with Crippen LogP contribution in [0.4, 0.5) is 0 Å². The lowest BCUT2D eigenvalue weighted by molar-refractivity contribution is 0.111. The number of nitrogens with zero attached hydrogens (tertiary/aromatic N) is 1. The maximum Gasteiger partial charge on any atom is 0.101 e. The van der Waals surface area contributed by atoms with Gasteiger partial charge in [0.1, 0.15) is 5.76 Å². The van der Waals surface area contributed by atoms with E-state index >= 15 is 0 Å². The molecule has 0 aromatic carbocycles. The fourth-order valence-electron chi connectivity index (χ4n) is 3.19. The summed E-state index contributed by atoms with van der Waals surface area (Å²) in [5.74, 6) is 1.42. The predicted octanol–water partition coefficient (Wildman–Crippen LogP) is 2.80. The van der Waals surface area contributed by atoms with Gasteiger partial charge in [-0.1, -0.05) is 25.9 Å². The normalized spacial score (nSPS) is 40.4. The van der Waals surface area contributed by atoms with Gasteiger partial charge in [0.05, 0.1) is 12.8 Å². The number of allylic oxidation sites excluding steroid dienone is 2. The lowest BCUT2D eigenvalue weighted by Gasteiger charge is -2.44. The van der Waals surface area contributed by atoms with Gasteiger partial charge in [-0.25, -0.2) is 0 Å². The molecule has 3 heteroatoms. The summed E-state index contributed by atoms with van der Waals surface area (Å²) in [7, 11) is 1.69. The number of oxime groups is 1. The van der Waals surface area contributed by atoms with Crippen LogP contribution < -0.4 is 0 Å². The van der Waals surface area contributed by atoms with Crippen molar-refractivity contribution in [2.45, 2.75) is 33.6 Å². The summed E-state index contributed by atoms with van der Waals surface area (Å²) in [5.41, 5.74) is 0.849. The van der Waals surface area contributed by atoms with Crippen LogP contribution in [0.5, 0.6) is 0 Å². The van der Waals surface area contributed by atoms with Crippen LogP contribution in [0.25, 0.3) is 0 Å². The first-order chi connectivity index (χ1) is 6.97. The van der Waals surface area contributed by atoms with Crippen LogP contribution in [-0.4, -0.2) is 18.0 Å². The summed E-state index contributed by atoms with van der Waals surface area (Å²) in [4.78, 5) is 0. The van der Waals surface area contributed by atoms with Crippen molar-refractivity contribution in [3.8, 4) is 0 Å². The maximum absolute atomic E-state index is 9.11. The zero-order valence-electron chi connectivity index (χ0n) is 9.87. The molecule has 2 bridgehead atoms. The fraction of sp³-hybridized carbons (Fsp3) is 0.750. The molecule has 0 radical (unpaired) electrons. The molecular weight excluding hydrogens is 190 g/mol. The molecular formula is C12H19NO2. The molecule has 0 heterocycles. The molecule has 0 aromatic heterocycles. The Morgan fingerprint density at radius 2 is 2.13 bits per heavy atom. The van der Waals surface area contributed by atoms with Gasteiger partial charge in [-0.3, -0.25) is 0 Å². The number of methoxy groups -OCH3 is 1. The molecule has 2 aliphatic carbocycles. The molecule has 1 saturated carbocycles. The van der Waals surface area contributed by atoms with Crippen LogP contribution in [0.2, 0.25) is 0 Å². The Labute approximate surface area is 90.8 Å². The van der Waals surface area contributed by atoms with Crippen LogP contribution in [0.15, 0.2) is 17.0 Å². The Kier molecular flexibility index (Phi) is 2.11. The van der Waals surface area contributed by atoms with E-state index in [4.69, 9.17) is 9.94 Å². The summed E-state index contributed by atoms with van der Waals surface area (Å²) in [6.45, 7) is 6.66. The minimum absolute atomic E-state index is 0.0194. The zero-order valence-corrected chi connectivity index (χ0v) is 9.87. The molecule has 2 aliphatic rings. The molecule has 2 atom stereocenters. The third-order valence-corrected chi connectivity index (χ3v) is 4.76. The molecule has 3 nitrogen and oxygen atoms in total. The van der Waals surface area contributed by atoms with Gasteiger partial charge in [-0.15, -0.1) is 0 Å². The third kappa shape index (κ3) is 1.09. The van der Waals surface area contributed by atoms with Crippen molar-refractivity contribution >= 4 is 5.71 Å². The molecule has 1 N–H and O–H groups in total. The van der Waals surface area contributed by atoms with Crippen molar-refractivity contribution in [2.24, 2.45) is 21.9 Å². The lowest BCUT2D eigenvalue weighted by Crippen LogP contribution is -2.44. The molecule has 1 fully saturated rings. The third-order valence-electron chi connectivity index (χ3n) is 4.76. The van der Waals surface area contributed by atoms with Gasteiger partial charge in [0.15, 0.2) is 0 Å². The highest BCUT2D eigenvalue weighted by molar-refractivity contribution is 6.01. The Balaban J connectivity index is 2.57. The first kappa shape index (κ1) is 10.5. The lowest BCUT2D eigenvalue weighted by atomic mass is 9.60. The van der Waals surface area contributed by atoms with Crippen molar-refractivity contribution in [3.63, 3.8) is 0 Å². The monoisotopic (exact) mass is 209 g/mol. The molecule has 0 amide bonds. The minimum Gasteiger partial charge on any atom is -0.501 e. The first-order valence-electron chi connectivity index (χ1n) is 5.45. The van der Waals surface area contributed by atoms with E-state index in [0.717, 1.165) is 24.3 Å². The van der Waals surface area contributed by atoms with Crippen molar-refractivity contribution in [1.82, 2.24) is 0 Å². The van der Waals surface area contributed by atoms with Crippen LogP contribution >= 0.6 is 0 Å². The van der Waals surface area contributed by atoms with E-state index in [1.165, 1.54) is 0 Å². The highest BCUT2D eigenvalue weighted by Crippen LogP contribution is 2.61. The molecule has 0 aromatic rings. The first-order valence-corrected chi connectivity index (χ1v) is 5.45. The van der Waals surface area contributed by atoms with Crippen LogP contribution in [-0.2, 0) is 4.74 Å². The van der Waals surface area contributed by atoms with E-state index in [1.54, 1.807) is 7.11 Å². The highest BCUT2D eigenvalue weighted by Gasteiger charge is 2.58. The summed E-state index contributed by atoms with van der Waals surface area (Å²) in [6.07, 6.45) is 4.08. The Bertz CT molecular complexity index is 344. The number of rotatable bonds is 1. The fourth-order valence-corrected chi connectivity index (χ4v) is 3.19. The number of hydrogen-bond acceptors (Lipinski definition) is 3. The molecule has 2 unspecified atom stereocenters. The molecule has 2 rings (SSSR count).